The molecule has 1 aliphatic rings. The second-order valence-electron chi connectivity index (χ2n) is 4.64. The number of aliphatic hydroxyl groups is 1. The summed E-state index contributed by atoms with van der Waals surface area (Å²) in [5.74, 6) is -0.0842. The van der Waals surface area contributed by atoms with Gasteiger partial charge in [-0.3, -0.25) is 4.79 Å². The van der Waals surface area contributed by atoms with Gasteiger partial charge in [0.15, 0.2) is 0 Å². The molecule has 2 rings (SSSR count). The summed E-state index contributed by atoms with van der Waals surface area (Å²) in [6.07, 6.45) is 0.0379. The fraction of sp³-hybridized carbons (Fsp3) is 0.462. The van der Waals surface area contributed by atoms with Crippen LogP contribution in [0.4, 0.5) is 0 Å². The molecular weight excluding hydrogens is 252 g/mol. The Hall–Kier alpha value is -1.10. The molecule has 0 aromatic heterocycles. The zero-order valence-corrected chi connectivity index (χ0v) is 10.9. The van der Waals surface area contributed by atoms with Crippen LogP contribution in [0.2, 0.25) is 5.02 Å². The predicted molar refractivity (Wildman–Crippen MR) is 70.4 cm³/mol. The van der Waals surface area contributed by atoms with E-state index in [1.165, 1.54) is 0 Å². The van der Waals surface area contributed by atoms with Gasteiger partial charge in [-0.05, 0) is 31.0 Å². The third-order valence-corrected chi connectivity index (χ3v) is 3.37. The number of rotatable bonds is 3. The third-order valence-electron chi connectivity index (χ3n) is 3.13. The summed E-state index contributed by atoms with van der Waals surface area (Å²) in [6.45, 7) is 2.39. The van der Waals surface area contributed by atoms with Crippen LogP contribution in [0.15, 0.2) is 24.3 Å². The number of nitrogens with one attached hydrogen (secondary N) is 2. The highest BCUT2D eigenvalue weighted by Crippen LogP contribution is 2.18. The van der Waals surface area contributed by atoms with E-state index in [9.17, 15) is 9.90 Å². The van der Waals surface area contributed by atoms with E-state index in [2.05, 4.69) is 10.6 Å². The number of hydrogen-bond donors (Lipinski definition) is 3. The van der Waals surface area contributed by atoms with Crippen LogP contribution in [-0.2, 0) is 4.79 Å². The first kappa shape index (κ1) is 13.3. The van der Waals surface area contributed by atoms with Gasteiger partial charge in [0.05, 0.1) is 18.2 Å². The van der Waals surface area contributed by atoms with E-state index in [1.807, 2.05) is 25.1 Å². The van der Waals surface area contributed by atoms with Crippen molar-refractivity contribution < 1.29 is 9.90 Å². The van der Waals surface area contributed by atoms with Crippen LogP contribution in [0.5, 0.6) is 0 Å². The molecule has 2 unspecified atom stereocenters. The van der Waals surface area contributed by atoms with Crippen molar-refractivity contribution in [2.24, 2.45) is 0 Å². The Bertz CT molecular complexity index is 439. The van der Waals surface area contributed by atoms with Gasteiger partial charge in [0.2, 0.25) is 5.91 Å². The first-order chi connectivity index (χ1) is 8.56. The smallest absolute Gasteiger partial charge is 0.237 e. The number of amides is 1. The van der Waals surface area contributed by atoms with Crippen molar-refractivity contribution in [1.82, 2.24) is 10.6 Å². The summed E-state index contributed by atoms with van der Waals surface area (Å²) in [7, 11) is 0. The van der Waals surface area contributed by atoms with E-state index < -0.39 is 6.10 Å². The fourth-order valence-electron chi connectivity index (χ4n) is 2.09. The van der Waals surface area contributed by atoms with Crippen LogP contribution in [0.3, 0.4) is 0 Å². The summed E-state index contributed by atoms with van der Waals surface area (Å²) in [5, 5.41) is 15.9. The van der Waals surface area contributed by atoms with Crippen LogP contribution >= 0.6 is 11.6 Å². The summed E-state index contributed by atoms with van der Waals surface area (Å²) in [5.41, 5.74) is 0.967. The highest BCUT2D eigenvalue weighted by Gasteiger charge is 2.28. The first-order valence-electron chi connectivity index (χ1n) is 6.03. The van der Waals surface area contributed by atoms with Gasteiger partial charge in [0.1, 0.15) is 0 Å². The molecule has 4 nitrogen and oxygen atoms in total. The lowest BCUT2D eigenvalue weighted by molar-refractivity contribution is -0.123. The number of hydrogen-bond acceptors (Lipinski definition) is 3. The van der Waals surface area contributed by atoms with Crippen molar-refractivity contribution in [3.05, 3.63) is 34.9 Å². The predicted octanol–water partition coefficient (Wildman–Crippen LogP) is 1.24. The van der Waals surface area contributed by atoms with E-state index in [-0.39, 0.29) is 18.0 Å². The second-order valence-corrected chi connectivity index (χ2v) is 5.07. The zero-order valence-electron chi connectivity index (χ0n) is 10.2. The van der Waals surface area contributed by atoms with Crippen molar-refractivity contribution in [1.29, 1.82) is 0 Å². The summed E-state index contributed by atoms with van der Waals surface area (Å²) in [4.78, 5) is 11.9. The minimum Gasteiger partial charge on any atom is -0.392 e. The quantitative estimate of drug-likeness (QED) is 0.773. The minimum atomic E-state index is -0.428. The van der Waals surface area contributed by atoms with Crippen molar-refractivity contribution in [3.8, 4) is 0 Å². The SMILES string of the molecule is C[C@@H](NC(=O)C1CC(O)CN1)c1cccc(Cl)c1. The molecule has 1 aliphatic heterocycles. The topological polar surface area (TPSA) is 61.4 Å². The largest absolute Gasteiger partial charge is 0.392 e. The van der Waals surface area contributed by atoms with Gasteiger partial charge < -0.3 is 15.7 Å². The lowest BCUT2D eigenvalue weighted by Gasteiger charge is -2.17. The Balaban J connectivity index is 1.95. The molecule has 0 aliphatic carbocycles. The van der Waals surface area contributed by atoms with Crippen LogP contribution in [0.1, 0.15) is 24.9 Å². The second kappa shape index (κ2) is 5.69. The lowest BCUT2D eigenvalue weighted by Crippen LogP contribution is -2.41. The average Bonchev–Trinajstić information content (AvgIpc) is 2.76. The molecule has 18 heavy (non-hydrogen) atoms. The Morgan fingerprint density at radius 2 is 2.39 bits per heavy atom. The van der Waals surface area contributed by atoms with Gasteiger partial charge in [-0.15, -0.1) is 0 Å². The molecule has 3 N–H and O–H groups in total. The molecular formula is C13H17ClN2O2. The molecule has 1 aromatic carbocycles. The van der Waals surface area contributed by atoms with E-state index in [4.69, 9.17) is 11.6 Å². The number of aliphatic hydroxyl groups excluding tert-OH is 1. The highest BCUT2D eigenvalue weighted by molar-refractivity contribution is 6.30. The first-order valence-corrected chi connectivity index (χ1v) is 6.41. The molecule has 0 radical (unpaired) electrons. The van der Waals surface area contributed by atoms with Crippen molar-refractivity contribution >= 4 is 17.5 Å². The van der Waals surface area contributed by atoms with Gasteiger partial charge in [-0.25, -0.2) is 0 Å². The summed E-state index contributed by atoms with van der Waals surface area (Å²) >= 11 is 5.91. The Labute approximate surface area is 111 Å². The maximum absolute atomic E-state index is 11.9. The lowest BCUT2D eigenvalue weighted by atomic mass is 10.1. The van der Waals surface area contributed by atoms with Crippen LogP contribution < -0.4 is 10.6 Å². The van der Waals surface area contributed by atoms with Crippen LogP contribution in [0.25, 0.3) is 0 Å². The van der Waals surface area contributed by atoms with E-state index in [0.29, 0.717) is 18.0 Å². The highest BCUT2D eigenvalue weighted by atomic mass is 35.5. The number of carbonyl (C=O) groups is 1. The molecule has 5 heteroatoms. The van der Waals surface area contributed by atoms with Crippen molar-refractivity contribution in [3.63, 3.8) is 0 Å². The molecule has 1 saturated heterocycles. The van der Waals surface area contributed by atoms with E-state index >= 15 is 0 Å². The molecule has 0 saturated carbocycles. The van der Waals surface area contributed by atoms with Gasteiger partial charge in [-0.2, -0.15) is 0 Å². The molecule has 3 atom stereocenters. The molecule has 1 amide bonds. The molecule has 1 aromatic rings. The van der Waals surface area contributed by atoms with Crippen LogP contribution in [-0.4, -0.2) is 29.7 Å². The molecule has 0 spiro atoms. The van der Waals surface area contributed by atoms with Gasteiger partial charge in [0, 0.05) is 11.6 Å². The normalized spacial score (nSPS) is 24.8. The molecule has 1 fully saturated rings. The monoisotopic (exact) mass is 268 g/mol. The minimum absolute atomic E-state index is 0.0842. The zero-order chi connectivity index (χ0) is 13.1. The van der Waals surface area contributed by atoms with Gasteiger partial charge >= 0.3 is 0 Å². The maximum Gasteiger partial charge on any atom is 0.237 e. The van der Waals surface area contributed by atoms with E-state index in [0.717, 1.165) is 5.56 Å². The van der Waals surface area contributed by atoms with Gasteiger partial charge in [0.25, 0.3) is 0 Å². The third kappa shape index (κ3) is 3.22. The number of carbonyl (C=O) groups excluding carboxylic acids is 1. The molecule has 0 bridgehead atoms. The Morgan fingerprint density at radius 3 is 3.00 bits per heavy atom. The van der Waals surface area contributed by atoms with E-state index in [1.54, 1.807) is 6.07 Å². The number of benzene rings is 1. The van der Waals surface area contributed by atoms with Crippen molar-refractivity contribution in [2.75, 3.05) is 6.54 Å². The maximum atomic E-state index is 11.9. The Morgan fingerprint density at radius 1 is 1.61 bits per heavy atom. The Kier molecular flexibility index (Phi) is 4.22. The fourth-order valence-corrected chi connectivity index (χ4v) is 2.29. The standard InChI is InChI=1S/C13H17ClN2O2/c1-8(9-3-2-4-10(14)5-9)16-13(18)12-6-11(17)7-15-12/h2-5,8,11-12,15,17H,6-7H2,1H3,(H,16,18)/t8-,11?,12?/m1/s1. The van der Waals surface area contributed by atoms with Gasteiger partial charge in [-0.1, -0.05) is 23.7 Å². The summed E-state index contributed by atoms with van der Waals surface area (Å²) < 4.78 is 0. The molecule has 98 valence electrons. The summed E-state index contributed by atoms with van der Waals surface area (Å²) in [6, 6.07) is 7.01. The number of β-amino-alcohol motifs (C(OH)–C–C–N with tert-alkyl or cyclic N) is 1. The molecule has 1 heterocycles. The number of halogens is 1. The van der Waals surface area contributed by atoms with Crippen molar-refractivity contribution in [2.45, 2.75) is 31.5 Å². The van der Waals surface area contributed by atoms with Crippen LogP contribution in [0, 0.1) is 0 Å². The average molecular weight is 269 g/mol.